The van der Waals surface area contributed by atoms with Gasteiger partial charge in [0, 0.05) is 67.1 Å². The van der Waals surface area contributed by atoms with Gasteiger partial charge in [0.2, 0.25) is 36.2 Å². The summed E-state index contributed by atoms with van der Waals surface area (Å²) >= 11 is 148. The molecule has 0 radical (unpaired) electrons. The molecule has 46 heteroatoms. The van der Waals surface area contributed by atoms with Gasteiger partial charge < -0.3 is 67.2 Å². The fraction of sp³-hybridized carbons (Fsp3) is 0.742. The van der Waals surface area contributed by atoms with Gasteiger partial charge in [-0.2, -0.15) is 0 Å². The quantitative estimate of drug-likeness (QED) is 0.0185. The van der Waals surface area contributed by atoms with Crippen molar-refractivity contribution in [3.05, 3.63) is 55.7 Å². The van der Waals surface area contributed by atoms with Gasteiger partial charge in [0.15, 0.2) is 36.7 Å². The van der Waals surface area contributed by atoms with Crippen molar-refractivity contribution < 1.29 is 136 Å². The molecule has 0 fully saturated rings. The summed E-state index contributed by atoms with van der Waals surface area (Å²) in [4.78, 5) is 59.6. The van der Waals surface area contributed by atoms with Crippen molar-refractivity contribution in [2.24, 2.45) is 4.99 Å². The van der Waals surface area contributed by atoms with Crippen molar-refractivity contribution in [1.29, 1.82) is 0 Å². The number of carbonyl (C=O) groups is 5. The van der Waals surface area contributed by atoms with Crippen LogP contribution in [0.25, 0.3) is 0 Å². The third-order valence-electron chi connectivity index (χ3n) is 13.6. The maximum absolute atomic E-state index is 11.5. The zero-order chi connectivity index (χ0) is 82.6. The molecule has 0 aromatic carbocycles. The van der Waals surface area contributed by atoms with E-state index >= 15 is 0 Å². The Morgan fingerprint density at radius 2 is 0.806 bits per heavy atom. The van der Waals surface area contributed by atoms with E-state index in [1.54, 1.807) is 13.8 Å². The fourth-order valence-corrected chi connectivity index (χ4v) is 10.8. The van der Waals surface area contributed by atoms with E-state index < -0.39 is 67.4 Å². The Hall–Kier alpha value is 6.01. The van der Waals surface area contributed by atoms with E-state index in [-0.39, 0.29) is 172 Å². The molecule has 17 nitrogen and oxygen atoms in total. The van der Waals surface area contributed by atoms with Gasteiger partial charge in [-0.3, -0.25) is 9.59 Å². The second-order valence-electron chi connectivity index (χ2n) is 23.6. The molecule has 0 unspecified atom stereocenters. The number of aliphatic imine (C=N–C) groups is 1. The maximum Gasteiger partial charge on any atom is 1.00 e. The number of halogens is 27. The van der Waals surface area contributed by atoms with Crippen LogP contribution in [0.4, 0.5) is 0 Å². The number of aliphatic carboxylic acids is 2. The van der Waals surface area contributed by atoms with Crippen LogP contribution in [0.2, 0.25) is 0 Å². The predicted octanol–water partition coefficient (Wildman–Crippen LogP) is 16.5. The van der Waals surface area contributed by atoms with Crippen LogP contribution in [0.1, 0.15) is 138 Å². The molecular formula is C62H78Br2Cl25NNa2O16. The van der Waals surface area contributed by atoms with Crippen LogP contribution in [0.3, 0.4) is 0 Å². The first-order valence-electron chi connectivity index (χ1n) is 30.9. The number of hydrogen-bond donors (Lipinski definition) is 0. The molecule has 0 aromatic rings. The van der Waals surface area contributed by atoms with E-state index in [0.717, 1.165) is 47.0 Å². The third-order valence-corrected chi connectivity index (χ3v) is 18.3. The molecule has 0 N–H and O–H groups in total. The molecule has 0 spiro atoms. The van der Waals surface area contributed by atoms with E-state index in [4.69, 9.17) is 333 Å². The Bertz CT molecular complexity index is 2780. The van der Waals surface area contributed by atoms with Gasteiger partial charge >= 0.3 is 59.1 Å². The predicted molar refractivity (Wildman–Crippen MR) is 445 cm³/mol. The van der Waals surface area contributed by atoms with Crippen molar-refractivity contribution in [1.82, 2.24) is 0 Å². The number of nitrogens with zero attached hydrogens (tertiary/aromatic N) is 1. The number of aldehydes is 1. The van der Waals surface area contributed by atoms with Crippen LogP contribution < -0.4 is 69.3 Å². The number of carboxylic acids is 2. The van der Waals surface area contributed by atoms with Crippen LogP contribution in [0.15, 0.2) is 60.7 Å². The van der Waals surface area contributed by atoms with Crippen LogP contribution in [0.5, 0.6) is 0 Å². The smallest absolute Gasteiger partial charge is 0.545 e. The van der Waals surface area contributed by atoms with E-state index in [9.17, 15) is 34.2 Å². The number of allylic oxidation sites excluding steroid dienone is 7. The first-order chi connectivity index (χ1) is 48.2. The van der Waals surface area contributed by atoms with E-state index in [1.165, 1.54) is 5.57 Å². The number of rotatable bonds is 37. The zero-order valence-corrected chi connectivity index (χ0v) is 85.5. The van der Waals surface area contributed by atoms with Gasteiger partial charge in [0.1, 0.15) is 12.9 Å². The standard InChI is InChI=1S/C16H22BrCl6NO3.C13H16Cl6O3.C12H15BrCl6O4.C12H15Cl7O4.C9H12O2.2Na/c1-10(6-17)11(13-24-14(2,3)7-27-13)4-5-12(25-8-15(18,19)20)26-9-16(21,22)23;1-8-9(2-4-10(8)20)3-5-11(21-6-12(14,15)16)22-7-13(17,18)19;2*1-7(4-13)8(10(20)21)2-3-9(22-5-11(14,15)16)23-6-12(17,18)19;1-7-4-5-9(11)8(7)3-2-6-10;;/h12H,4-9H2,1-3H3;11H,2-7H2,1H3;2*9H,2-6H2,1H3,(H,20,21);6H,2-5H2,1H3;;/q;;;;;2*+1/p-2/b11-10-;;2*8-7-;;;. The Morgan fingerprint density at radius 1 is 0.491 bits per heavy atom. The molecule has 0 amide bonds. The molecule has 0 saturated carbocycles. The van der Waals surface area contributed by atoms with Gasteiger partial charge in [-0.15, -0.1) is 11.6 Å². The van der Waals surface area contributed by atoms with Crippen LogP contribution in [0, 0.1) is 0 Å². The minimum Gasteiger partial charge on any atom is -0.545 e. The van der Waals surface area contributed by atoms with Crippen LogP contribution in [-0.2, 0) is 66.6 Å². The summed E-state index contributed by atoms with van der Waals surface area (Å²) in [6.07, 6.45) is 4.12. The molecule has 0 bridgehead atoms. The van der Waals surface area contributed by atoms with Crippen molar-refractivity contribution in [2.45, 2.75) is 199 Å². The number of carboxylic acid groups (broad SMARTS) is 2. The second-order valence-corrected chi connectivity index (χ2v) is 45.1. The molecule has 0 aromatic heterocycles. The Kier molecular flexibility index (Phi) is 66.6. The monoisotopic (exact) mass is 2170 g/mol. The van der Waals surface area contributed by atoms with Crippen molar-refractivity contribution >= 4 is 358 Å². The van der Waals surface area contributed by atoms with E-state index in [0.29, 0.717) is 85.7 Å². The van der Waals surface area contributed by atoms with Crippen molar-refractivity contribution in [2.75, 3.05) is 76.0 Å². The van der Waals surface area contributed by atoms with E-state index in [2.05, 4.69) is 36.9 Å². The van der Waals surface area contributed by atoms with Gasteiger partial charge in [0.05, 0.1) is 70.3 Å². The first-order valence-corrected chi connectivity index (χ1v) is 42.7. The minimum atomic E-state index is -1.67. The molecule has 1 aliphatic heterocycles. The number of hydrogen-bond acceptors (Lipinski definition) is 17. The molecular weight excluding hydrogens is 2110 g/mol. The SMILES string of the molecule is C/C(CBr)=C(\CCC(OCC(Cl)(Cl)Cl)OCC(Cl)(Cl)Cl)C(=O)[O-].C/C(CBr)=C(\CCC(OCC(Cl)(Cl)Cl)OCC(Cl)(Cl)Cl)C1=NC(C)(C)CO1.C/C(CCl)=C(\CCC(OCC(Cl)(Cl)Cl)OCC(Cl)(Cl)Cl)C(=O)[O-].CC1=C(CCC(OCC(Cl)(Cl)Cl)OCC(Cl)(Cl)Cl)CCC1=O.CC1=C(CCC=O)C(=O)CC1.[Na+].[Na+]. The summed E-state index contributed by atoms with van der Waals surface area (Å²) in [6.45, 7) is 11.8. The number of alkyl halides is 27. The number of carbonyl (C=O) groups excluding carboxylic acids is 5. The summed E-state index contributed by atoms with van der Waals surface area (Å²) < 4.78 is 36.0. The average molecular weight is 2190 g/mol. The summed E-state index contributed by atoms with van der Waals surface area (Å²) in [5.74, 6) is -1.51. The molecule has 0 saturated heterocycles. The number of ketones is 2. The largest absolute Gasteiger partial charge is 1.00 e. The van der Waals surface area contributed by atoms with Gasteiger partial charge in [0.25, 0.3) is 0 Å². The molecule has 618 valence electrons. The molecule has 108 heavy (non-hydrogen) atoms. The number of ether oxygens (including phenoxy) is 9. The Balaban J connectivity index is -0.000000635. The molecule has 2 aliphatic carbocycles. The summed E-state index contributed by atoms with van der Waals surface area (Å²) in [7, 11) is 0. The van der Waals surface area contributed by atoms with Crippen molar-refractivity contribution in [3.8, 4) is 0 Å². The normalized spacial score (nSPS) is 15.9. The summed E-state index contributed by atoms with van der Waals surface area (Å²) in [6, 6.07) is 0. The van der Waals surface area contributed by atoms with Gasteiger partial charge in [-0.25, -0.2) is 4.99 Å². The second kappa shape index (κ2) is 59.8. The van der Waals surface area contributed by atoms with E-state index in [1.807, 2.05) is 34.6 Å². The fourth-order valence-electron chi connectivity index (χ4n) is 8.45. The topological polar surface area (TPSA) is 227 Å². The van der Waals surface area contributed by atoms with Crippen LogP contribution >= 0.6 is 322 Å². The number of Topliss-reactive ketones (excluding diaryl/α,β-unsaturated/α-hetero) is 2. The first kappa shape index (κ1) is 120. The van der Waals surface area contributed by atoms with Crippen LogP contribution in [-0.4, -0.2) is 173 Å². The summed E-state index contributed by atoms with van der Waals surface area (Å²) in [5, 5.41) is 23.3. The molecule has 3 aliphatic rings. The average Bonchev–Trinajstić information content (AvgIpc) is 1.68. The Morgan fingerprint density at radius 3 is 1.06 bits per heavy atom. The van der Waals surface area contributed by atoms with Gasteiger partial charge in [-0.1, -0.05) is 338 Å². The molecule has 3 rings (SSSR count). The third kappa shape index (κ3) is 65.6. The minimum absolute atomic E-state index is 0. The summed E-state index contributed by atoms with van der Waals surface area (Å²) in [5.41, 5.74) is 7.03. The molecule has 1 heterocycles. The van der Waals surface area contributed by atoms with Gasteiger partial charge in [-0.05, 0) is 116 Å². The maximum atomic E-state index is 11.5. The van der Waals surface area contributed by atoms with Crippen molar-refractivity contribution in [3.63, 3.8) is 0 Å². The molecule has 0 atom stereocenters. The Labute approximate surface area is 818 Å². The zero-order valence-electron chi connectivity index (χ0n) is 59.5.